The predicted molar refractivity (Wildman–Crippen MR) is 100.0 cm³/mol. The molecule has 2 aromatic heterocycles. The van der Waals surface area contributed by atoms with E-state index in [0.29, 0.717) is 11.2 Å². The van der Waals surface area contributed by atoms with Crippen LogP contribution in [0, 0.1) is 6.92 Å². The van der Waals surface area contributed by atoms with Gasteiger partial charge in [0, 0.05) is 0 Å². The minimum atomic E-state index is -4.05. The maximum absolute atomic E-state index is 12.3. The highest BCUT2D eigenvalue weighted by molar-refractivity contribution is 7.86. The fourth-order valence-electron chi connectivity index (χ4n) is 3.08. The first-order chi connectivity index (χ1) is 13.8. The molecule has 4 atom stereocenters. The largest absolute Gasteiger partial charge is 0.387 e. The van der Waals surface area contributed by atoms with E-state index in [1.165, 1.54) is 29.4 Å². The topological polar surface area (TPSA) is 163 Å². The third-order valence-corrected chi connectivity index (χ3v) is 5.99. The molecule has 1 aliphatic heterocycles. The molecule has 3 aromatic rings. The van der Waals surface area contributed by atoms with Crippen molar-refractivity contribution in [2.45, 2.75) is 36.4 Å². The Bertz CT molecular complexity index is 1130. The van der Waals surface area contributed by atoms with Gasteiger partial charge in [-0.2, -0.15) is 8.42 Å². The van der Waals surface area contributed by atoms with Gasteiger partial charge in [0.2, 0.25) is 0 Å². The molecule has 1 aliphatic rings. The zero-order valence-electron chi connectivity index (χ0n) is 15.3. The second-order valence-electron chi connectivity index (χ2n) is 6.68. The molecule has 4 rings (SSSR count). The van der Waals surface area contributed by atoms with Crippen molar-refractivity contribution >= 4 is 27.1 Å². The Morgan fingerprint density at radius 2 is 1.90 bits per heavy atom. The summed E-state index contributed by atoms with van der Waals surface area (Å²) in [5.74, 6) is 0.158. The van der Waals surface area contributed by atoms with Crippen molar-refractivity contribution in [3.8, 4) is 0 Å². The van der Waals surface area contributed by atoms with E-state index in [-0.39, 0.29) is 10.7 Å². The first-order valence-corrected chi connectivity index (χ1v) is 10.1. The third kappa shape index (κ3) is 3.56. The Hall–Kier alpha value is -2.64. The van der Waals surface area contributed by atoms with Gasteiger partial charge in [0.1, 0.15) is 30.2 Å². The molecule has 29 heavy (non-hydrogen) atoms. The van der Waals surface area contributed by atoms with E-state index in [0.717, 1.165) is 5.56 Å². The zero-order valence-corrected chi connectivity index (χ0v) is 16.1. The van der Waals surface area contributed by atoms with Gasteiger partial charge in [-0.15, -0.1) is 0 Å². The molecule has 0 spiro atoms. The van der Waals surface area contributed by atoms with Gasteiger partial charge in [0.05, 0.1) is 17.8 Å². The van der Waals surface area contributed by atoms with E-state index in [1.807, 2.05) is 6.92 Å². The monoisotopic (exact) mass is 421 g/mol. The highest BCUT2D eigenvalue weighted by Crippen LogP contribution is 2.32. The minimum absolute atomic E-state index is 0.0135. The van der Waals surface area contributed by atoms with Gasteiger partial charge >= 0.3 is 0 Å². The Morgan fingerprint density at radius 3 is 2.62 bits per heavy atom. The van der Waals surface area contributed by atoms with Gasteiger partial charge in [-0.05, 0) is 19.1 Å². The molecule has 0 saturated carbocycles. The van der Waals surface area contributed by atoms with Gasteiger partial charge in [0.25, 0.3) is 10.1 Å². The molecule has 1 aromatic carbocycles. The van der Waals surface area contributed by atoms with Crippen LogP contribution in [0.4, 0.5) is 5.82 Å². The molecule has 1 fully saturated rings. The number of benzene rings is 1. The van der Waals surface area contributed by atoms with Crippen molar-refractivity contribution in [3.63, 3.8) is 0 Å². The number of nitrogens with two attached hydrogens (primary N) is 1. The molecule has 0 radical (unpaired) electrons. The molecule has 0 unspecified atom stereocenters. The molecule has 0 aliphatic carbocycles. The summed E-state index contributed by atoms with van der Waals surface area (Å²) in [6.07, 6.45) is -2.30. The zero-order chi connectivity index (χ0) is 20.8. The van der Waals surface area contributed by atoms with Crippen LogP contribution in [0.15, 0.2) is 41.8 Å². The number of nitrogens with zero attached hydrogens (tertiary/aromatic N) is 4. The number of ether oxygens (including phenoxy) is 1. The van der Waals surface area contributed by atoms with E-state index < -0.39 is 41.3 Å². The smallest absolute Gasteiger partial charge is 0.297 e. The Morgan fingerprint density at radius 1 is 1.17 bits per heavy atom. The molecular weight excluding hydrogens is 402 g/mol. The first kappa shape index (κ1) is 19.7. The SMILES string of the molecule is Cc1ccc(S(=O)(=O)OC[C@H]2O[C@@H](n3cnc4c(N)ncnc43)[C@H](O)[C@@H]2O)cc1. The van der Waals surface area contributed by atoms with Crippen LogP contribution in [-0.4, -0.2) is 63.1 Å². The highest BCUT2D eigenvalue weighted by Gasteiger charge is 2.45. The number of aromatic nitrogens is 4. The van der Waals surface area contributed by atoms with Crippen molar-refractivity contribution in [3.05, 3.63) is 42.5 Å². The summed E-state index contributed by atoms with van der Waals surface area (Å²) in [4.78, 5) is 12.0. The molecule has 12 heteroatoms. The lowest BCUT2D eigenvalue weighted by Gasteiger charge is -2.16. The highest BCUT2D eigenvalue weighted by atomic mass is 32.2. The lowest BCUT2D eigenvalue weighted by atomic mass is 10.1. The average molecular weight is 421 g/mol. The molecule has 0 amide bonds. The van der Waals surface area contributed by atoms with Crippen LogP contribution < -0.4 is 5.73 Å². The summed E-state index contributed by atoms with van der Waals surface area (Å²) in [6, 6.07) is 6.15. The van der Waals surface area contributed by atoms with Crippen LogP contribution in [0.1, 0.15) is 11.8 Å². The van der Waals surface area contributed by atoms with Gasteiger partial charge < -0.3 is 20.7 Å². The lowest BCUT2D eigenvalue weighted by molar-refractivity contribution is -0.0467. The van der Waals surface area contributed by atoms with Crippen molar-refractivity contribution in [1.82, 2.24) is 19.5 Å². The van der Waals surface area contributed by atoms with Gasteiger partial charge in [-0.1, -0.05) is 17.7 Å². The Labute approximate surface area is 165 Å². The maximum atomic E-state index is 12.3. The van der Waals surface area contributed by atoms with E-state index in [4.69, 9.17) is 14.7 Å². The number of imidazole rings is 1. The van der Waals surface area contributed by atoms with Gasteiger partial charge in [-0.3, -0.25) is 8.75 Å². The summed E-state index contributed by atoms with van der Waals surface area (Å²) >= 11 is 0. The molecule has 1 saturated heterocycles. The number of hydrogen-bond donors (Lipinski definition) is 3. The number of anilines is 1. The normalized spacial score (nSPS) is 24.9. The lowest BCUT2D eigenvalue weighted by Crippen LogP contribution is -2.34. The van der Waals surface area contributed by atoms with Crippen LogP contribution in [0.5, 0.6) is 0 Å². The molecule has 0 bridgehead atoms. The van der Waals surface area contributed by atoms with E-state index in [2.05, 4.69) is 15.0 Å². The Kier molecular flexibility index (Phi) is 4.96. The molecule has 3 heterocycles. The van der Waals surface area contributed by atoms with Crippen molar-refractivity contribution in [2.24, 2.45) is 0 Å². The van der Waals surface area contributed by atoms with E-state index >= 15 is 0 Å². The predicted octanol–water partition coefficient (Wildman–Crippen LogP) is -0.258. The summed E-state index contributed by atoms with van der Waals surface area (Å²) in [5.41, 5.74) is 7.28. The Balaban J connectivity index is 1.51. The van der Waals surface area contributed by atoms with Crippen molar-refractivity contribution in [1.29, 1.82) is 0 Å². The average Bonchev–Trinajstić information content (AvgIpc) is 3.24. The number of aryl methyl sites for hydroxylation is 1. The summed E-state index contributed by atoms with van der Waals surface area (Å²) in [6.45, 7) is 1.36. The van der Waals surface area contributed by atoms with Crippen LogP contribution in [0.2, 0.25) is 0 Å². The first-order valence-electron chi connectivity index (χ1n) is 8.68. The standard InChI is InChI=1S/C17H19N5O6S/c1-9-2-4-10(5-3-9)29(25,26)27-6-11-13(23)14(24)17(28-11)22-8-21-12-15(18)19-7-20-16(12)22/h2-5,7-8,11,13-14,17,23-24H,6H2,1H3,(H2,18,19,20)/t11-,13-,14-,17-/m1/s1. The molecule has 4 N–H and O–H groups in total. The maximum Gasteiger partial charge on any atom is 0.297 e. The van der Waals surface area contributed by atoms with Crippen LogP contribution in [-0.2, 0) is 19.0 Å². The number of nitrogen functional groups attached to an aromatic ring is 1. The van der Waals surface area contributed by atoms with Crippen molar-refractivity contribution < 1.29 is 27.6 Å². The molecule has 154 valence electrons. The van der Waals surface area contributed by atoms with Crippen molar-refractivity contribution in [2.75, 3.05) is 12.3 Å². The third-order valence-electron chi connectivity index (χ3n) is 4.70. The number of aliphatic hydroxyl groups is 2. The summed E-state index contributed by atoms with van der Waals surface area (Å²) < 4.78 is 36.8. The fraction of sp³-hybridized carbons (Fsp3) is 0.353. The van der Waals surface area contributed by atoms with E-state index in [9.17, 15) is 18.6 Å². The number of rotatable bonds is 5. The number of hydrogen-bond acceptors (Lipinski definition) is 10. The second-order valence-corrected chi connectivity index (χ2v) is 8.30. The van der Waals surface area contributed by atoms with Crippen LogP contribution >= 0.6 is 0 Å². The summed E-state index contributed by atoms with van der Waals surface area (Å²) in [7, 11) is -4.05. The fourth-order valence-corrected chi connectivity index (χ4v) is 4.00. The molecule has 11 nitrogen and oxygen atoms in total. The minimum Gasteiger partial charge on any atom is -0.387 e. The quantitative estimate of drug-likeness (QED) is 0.468. The van der Waals surface area contributed by atoms with E-state index in [1.54, 1.807) is 12.1 Å². The van der Waals surface area contributed by atoms with Crippen LogP contribution in [0.25, 0.3) is 11.2 Å². The number of fused-ring (bicyclic) bond motifs is 1. The number of aliphatic hydroxyl groups excluding tert-OH is 2. The summed E-state index contributed by atoms with van der Waals surface area (Å²) in [5, 5.41) is 20.7. The second kappa shape index (κ2) is 7.31. The van der Waals surface area contributed by atoms with Crippen LogP contribution in [0.3, 0.4) is 0 Å². The van der Waals surface area contributed by atoms with Gasteiger partial charge in [0.15, 0.2) is 17.7 Å². The molecular formula is C17H19N5O6S. The van der Waals surface area contributed by atoms with Gasteiger partial charge in [-0.25, -0.2) is 15.0 Å².